The molecule has 0 fully saturated rings. The summed E-state index contributed by atoms with van der Waals surface area (Å²) < 4.78 is 5.04. The second-order valence-electron chi connectivity index (χ2n) is 3.93. The van der Waals surface area contributed by atoms with Crippen LogP contribution in [0.25, 0.3) is 0 Å². The minimum Gasteiger partial charge on any atom is -0.480 e. The van der Waals surface area contributed by atoms with Crippen LogP contribution >= 0.6 is 11.6 Å². The van der Waals surface area contributed by atoms with Gasteiger partial charge < -0.3 is 4.74 Å². The van der Waals surface area contributed by atoms with Crippen molar-refractivity contribution in [2.75, 3.05) is 7.11 Å². The van der Waals surface area contributed by atoms with Gasteiger partial charge in [0.05, 0.1) is 7.11 Å². The van der Waals surface area contributed by atoms with E-state index in [2.05, 4.69) is 25.8 Å². The average molecular weight is 200 g/mol. The Morgan fingerprint density at radius 2 is 2.00 bits per heavy atom. The van der Waals surface area contributed by atoms with E-state index >= 15 is 0 Å². The first kappa shape index (κ1) is 10.3. The second kappa shape index (κ2) is 3.54. The van der Waals surface area contributed by atoms with E-state index < -0.39 is 0 Å². The fourth-order valence-corrected chi connectivity index (χ4v) is 1.62. The van der Waals surface area contributed by atoms with E-state index in [9.17, 15) is 0 Å². The number of halogens is 1. The maximum atomic E-state index is 6.11. The molecule has 72 valence electrons. The number of nitrogens with zero attached hydrogens (tertiary/aromatic N) is 1. The molecule has 1 aromatic rings. The van der Waals surface area contributed by atoms with Crippen LogP contribution in [0.2, 0.25) is 5.02 Å². The average Bonchev–Trinajstić information content (AvgIpc) is 2.02. The Labute approximate surface area is 83.9 Å². The van der Waals surface area contributed by atoms with E-state index in [0.29, 0.717) is 10.9 Å². The molecule has 1 rings (SSSR count). The molecule has 0 aromatic carbocycles. The molecule has 1 aromatic heterocycles. The summed E-state index contributed by atoms with van der Waals surface area (Å²) in [4.78, 5) is 4.02. The maximum absolute atomic E-state index is 6.11. The Morgan fingerprint density at radius 1 is 1.38 bits per heavy atom. The number of rotatable bonds is 1. The highest BCUT2D eigenvalue weighted by Crippen LogP contribution is 2.33. The van der Waals surface area contributed by atoms with E-state index in [1.165, 1.54) is 0 Å². The molecule has 0 amide bonds. The van der Waals surface area contributed by atoms with Crippen molar-refractivity contribution in [3.8, 4) is 5.88 Å². The van der Waals surface area contributed by atoms with E-state index in [4.69, 9.17) is 16.3 Å². The fourth-order valence-electron chi connectivity index (χ4n) is 1.15. The van der Waals surface area contributed by atoms with Crippen molar-refractivity contribution >= 4 is 11.6 Å². The molecule has 0 atom stereocenters. The van der Waals surface area contributed by atoms with Crippen molar-refractivity contribution in [2.24, 2.45) is 0 Å². The lowest BCUT2D eigenvalue weighted by Gasteiger charge is -2.20. The first-order valence-electron chi connectivity index (χ1n) is 4.16. The molecule has 0 N–H and O–H groups in total. The smallest absolute Gasteiger partial charge is 0.232 e. The van der Waals surface area contributed by atoms with Crippen LogP contribution < -0.4 is 4.74 Å². The van der Waals surface area contributed by atoms with E-state index in [1.54, 1.807) is 13.3 Å². The van der Waals surface area contributed by atoms with Gasteiger partial charge in [0, 0.05) is 6.20 Å². The molecule has 2 nitrogen and oxygen atoms in total. The van der Waals surface area contributed by atoms with Gasteiger partial charge in [-0.1, -0.05) is 32.4 Å². The molecule has 1 heterocycles. The molecule has 0 bridgehead atoms. The van der Waals surface area contributed by atoms with Gasteiger partial charge in [-0.15, -0.1) is 0 Å². The van der Waals surface area contributed by atoms with Crippen molar-refractivity contribution in [3.63, 3.8) is 0 Å². The second-order valence-corrected chi connectivity index (χ2v) is 4.31. The summed E-state index contributed by atoms with van der Waals surface area (Å²) in [7, 11) is 1.57. The van der Waals surface area contributed by atoms with Gasteiger partial charge in [-0.05, 0) is 17.0 Å². The molecule has 0 saturated heterocycles. The first-order chi connectivity index (χ1) is 5.96. The van der Waals surface area contributed by atoms with Crippen LogP contribution in [0, 0.1) is 0 Å². The van der Waals surface area contributed by atoms with E-state index in [0.717, 1.165) is 5.56 Å². The highest BCUT2D eigenvalue weighted by Gasteiger charge is 2.19. The van der Waals surface area contributed by atoms with E-state index in [1.807, 2.05) is 6.07 Å². The zero-order valence-corrected chi connectivity index (χ0v) is 9.14. The minimum absolute atomic E-state index is 0.0211. The van der Waals surface area contributed by atoms with Gasteiger partial charge >= 0.3 is 0 Å². The summed E-state index contributed by atoms with van der Waals surface area (Å²) in [5, 5.41) is 0.609. The van der Waals surface area contributed by atoms with Crippen LogP contribution in [0.4, 0.5) is 0 Å². The Balaban J connectivity index is 3.24. The SMILES string of the molecule is COc1nccc(C(C)(C)C)c1Cl. The van der Waals surface area contributed by atoms with Crippen molar-refractivity contribution in [2.45, 2.75) is 26.2 Å². The number of hydrogen-bond acceptors (Lipinski definition) is 2. The van der Waals surface area contributed by atoms with Crippen molar-refractivity contribution in [3.05, 3.63) is 22.8 Å². The van der Waals surface area contributed by atoms with Crippen LogP contribution in [-0.2, 0) is 5.41 Å². The van der Waals surface area contributed by atoms with Gasteiger partial charge in [-0.2, -0.15) is 0 Å². The van der Waals surface area contributed by atoms with Crippen molar-refractivity contribution in [1.29, 1.82) is 0 Å². The Hall–Kier alpha value is -0.760. The third-order valence-electron chi connectivity index (χ3n) is 1.86. The third kappa shape index (κ3) is 2.13. The molecular formula is C10H14ClNO. The zero-order chi connectivity index (χ0) is 10.1. The quantitative estimate of drug-likeness (QED) is 0.694. The Kier molecular flexibility index (Phi) is 2.81. The standard InChI is InChI=1S/C10H14ClNO/c1-10(2,3)7-5-6-12-9(13-4)8(7)11/h5-6H,1-4H3. The predicted octanol–water partition coefficient (Wildman–Crippen LogP) is 3.04. The van der Waals surface area contributed by atoms with Gasteiger partial charge in [0.15, 0.2) is 0 Å². The van der Waals surface area contributed by atoms with Crippen LogP contribution in [0.5, 0.6) is 5.88 Å². The molecule has 0 unspecified atom stereocenters. The summed E-state index contributed by atoms with van der Waals surface area (Å²) in [6.45, 7) is 6.31. The molecule has 0 aliphatic rings. The molecule has 13 heavy (non-hydrogen) atoms. The highest BCUT2D eigenvalue weighted by molar-refractivity contribution is 6.32. The monoisotopic (exact) mass is 199 g/mol. The molecule has 3 heteroatoms. The van der Waals surface area contributed by atoms with Gasteiger partial charge in [0.2, 0.25) is 5.88 Å². The maximum Gasteiger partial charge on any atom is 0.232 e. The van der Waals surface area contributed by atoms with Gasteiger partial charge in [-0.25, -0.2) is 4.98 Å². The molecule has 0 saturated carbocycles. The summed E-state index contributed by atoms with van der Waals surface area (Å²) in [6, 6.07) is 1.92. The molecule has 0 radical (unpaired) electrons. The van der Waals surface area contributed by atoms with Crippen LogP contribution in [0.3, 0.4) is 0 Å². The summed E-state index contributed by atoms with van der Waals surface area (Å²) in [5.41, 5.74) is 1.08. The third-order valence-corrected chi connectivity index (χ3v) is 2.22. The summed E-state index contributed by atoms with van der Waals surface area (Å²) in [6.07, 6.45) is 1.71. The molecule has 0 aliphatic heterocycles. The van der Waals surface area contributed by atoms with Gasteiger partial charge in [0.25, 0.3) is 0 Å². The highest BCUT2D eigenvalue weighted by atomic mass is 35.5. The van der Waals surface area contributed by atoms with Crippen molar-refractivity contribution < 1.29 is 4.74 Å². The summed E-state index contributed by atoms with van der Waals surface area (Å²) >= 11 is 6.11. The van der Waals surface area contributed by atoms with Gasteiger partial charge in [0.1, 0.15) is 5.02 Å². The van der Waals surface area contributed by atoms with Crippen molar-refractivity contribution in [1.82, 2.24) is 4.98 Å². The zero-order valence-electron chi connectivity index (χ0n) is 8.39. The normalized spacial score (nSPS) is 11.5. The number of ether oxygens (including phenoxy) is 1. The number of methoxy groups -OCH3 is 1. The molecule has 0 spiro atoms. The molecular weight excluding hydrogens is 186 g/mol. The van der Waals surface area contributed by atoms with Crippen LogP contribution in [-0.4, -0.2) is 12.1 Å². The first-order valence-corrected chi connectivity index (χ1v) is 4.53. The predicted molar refractivity (Wildman–Crippen MR) is 54.5 cm³/mol. The number of hydrogen-bond donors (Lipinski definition) is 0. The lowest BCUT2D eigenvalue weighted by molar-refractivity contribution is 0.396. The number of pyridine rings is 1. The minimum atomic E-state index is 0.0211. The largest absolute Gasteiger partial charge is 0.480 e. The van der Waals surface area contributed by atoms with Crippen LogP contribution in [0.1, 0.15) is 26.3 Å². The van der Waals surface area contributed by atoms with Gasteiger partial charge in [-0.3, -0.25) is 0 Å². The van der Waals surface area contributed by atoms with E-state index in [-0.39, 0.29) is 5.41 Å². The topological polar surface area (TPSA) is 22.1 Å². The Bertz CT molecular complexity index is 304. The fraction of sp³-hybridized carbons (Fsp3) is 0.500. The molecule has 0 aliphatic carbocycles. The lowest BCUT2D eigenvalue weighted by Crippen LogP contribution is -2.12. The number of aromatic nitrogens is 1. The summed E-state index contributed by atoms with van der Waals surface area (Å²) in [5.74, 6) is 0.495. The lowest BCUT2D eigenvalue weighted by atomic mass is 9.88. The Morgan fingerprint density at radius 3 is 2.46 bits per heavy atom. The van der Waals surface area contributed by atoms with Crippen LogP contribution in [0.15, 0.2) is 12.3 Å².